The fourth-order valence-corrected chi connectivity index (χ4v) is 3.24. The van der Waals surface area contributed by atoms with Crippen molar-refractivity contribution in [3.05, 3.63) is 64.4 Å². The van der Waals surface area contributed by atoms with E-state index >= 15 is 0 Å². The number of anilines is 2. The maximum Gasteiger partial charge on any atom is 0.260 e. The second kappa shape index (κ2) is 10.4. The van der Waals surface area contributed by atoms with Crippen molar-refractivity contribution in [2.75, 3.05) is 5.32 Å². The zero-order valence-corrected chi connectivity index (χ0v) is 16.3. The molecule has 0 bridgehead atoms. The summed E-state index contributed by atoms with van der Waals surface area (Å²) in [6, 6.07) is 15.4. The minimum Gasteiger partial charge on any atom is -0.326 e. The van der Waals surface area contributed by atoms with Crippen molar-refractivity contribution in [2.24, 2.45) is 0 Å². The number of fused-ring (bicyclic) bond motifs is 1. The van der Waals surface area contributed by atoms with Gasteiger partial charge in [-0.2, -0.15) is 0 Å². The van der Waals surface area contributed by atoms with Gasteiger partial charge >= 0.3 is 0 Å². The summed E-state index contributed by atoms with van der Waals surface area (Å²) in [7, 11) is 0. The normalized spacial score (nSPS) is 10.8. The van der Waals surface area contributed by atoms with Gasteiger partial charge in [0.25, 0.3) is 5.56 Å². The highest BCUT2D eigenvalue weighted by Gasteiger charge is 2.04. The molecular formula is C22H26N4O3. The minimum atomic E-state index is -0.318. The number of hydrogen-bond acceptors (Lipinski definition) is 5. The van der Waals surface area contributed by atoms with E-state index in [2.05, 4.69) is 27.4 Å². The van der Waals surface area contributed by atoms with Gasteiger partial charge in [0, 0.05) is 12.1 Å². The summed E-state index contributed by atoms with van der Waals surface area (Å²) in [5.41, 5.74) is 4.28. The fraction of sp³-hybridized carbons (Fsp3) is 0.318. The molecule has 0 radical (unpaired) electrons. The molecule has 1 amide bonds. The lowest BCUT2D eigenvalue weighted by atomic mass is 10.0. The first-order chi connectivity index (χ1) is 14.2. The Labute approximate surface area is 169 Å². The Bertz CT molecular complexity index is 999. The van der Waals surface area contributed by atoms with Gasteiger partial charge in [-0.05, 0) is 49.1 Å². The molecule has 0 fully saturated rings. The number of amides is 1. The number of rotatable bonds is 10. The Kier molecular flexibility index (Phi) is 7.35. The van der Waals surface area contributed by atoms with Gasteiger partial charge in [0.15, 0.2) is 0 Å². The topological polar surface area (TPSA) is 107 Å². The number of hydrogen-bond donors (Lipinski definition) is 4. The van der Waals surface area contributed by atoms with E-state index in [0.29, 0.717) is 23.3 Å². The van der Waals surface area contributed by atoms with Gasteiger partial charge < -0.3 is 5.32 Å². The number of nitrogens with one attached hydrogen (secondary N) is 3. The van der Waals surface area contributed by atoms with Gasteiger partial charge in [-0.15, -0.1) is 0 Å². The molecule has 152 valence electrons. The van der Waals surface area contributed by atoms with Gasteiger partial charge in [0.2, 0.25) is 11.9 Å². The van der Waals surface area contributed by atoms with Crippen molar-refractivity contribution in [3.63, 3.8) is 0 Å². The highest BCUT2D eigenvalue weighted by molar-refractivity contribution is 5.78. The maximum atomic E-state index is 12.1. The quantitative estimate of drug-likeness (QED) is 0.236. The molecular weight excluding hydrogens is 368 g/mol. The highest BCUT2D eigenvalue weighted by Crippen LogP contribution is 2.17. The first kappa shape index (κ1) is 20.5. The van der Waals surface area contributed by atoms with E-state index in [1.165, 1.54) is 5.56 Å². The molecule has 0 atom stereocenters. The lowest BCUT2D eigenvalue weighted by molar-refractivity contribution is -0.129. The van der Waals surface area contributed by atoms with Crippen LogP contribution in [0.15, 0.2) is 53.3 Å². The summed E-state index contributed by atoms with van der Waals surface area (Å²) < 4.78 is 0. The third-order valence-electron chi connectivity index (χ3n) is 4.82. The molecule has 4 N–H and O–H groups in total. The zero-order valence-electron chi connectivity index (χ0n) is 16.3. The molecule has 2 aromatic carbocycles. The number of nitrogens with zero attached hydrogens (tertiary/aromatic N) is 1. The second-order valence-electron chi connectivity index (χ2n) is 7.06. The van der Waals surface area contributed by atoms with E-state index < -0.39 is 0 Å². The number of carbonyl (C=O) groups excluding carboxylic acids is 1. The lowest BCUT2D eigenvalue weighted by Crippen LogP contribution is -2.17. The van der Waals surface area contributed by atoms with E-state index in [-0.39, 0.29) is 11.5 Å². The van der Waals surface area contributed by atoms with Crippen molar-refractivity contribution < 1.29 is 10.0 Å². The molecule has 1 aromatic heterocycles. The van der Waals surface area contributed by atoms with Crippen LogP contribution >= 0.6 is 0 Å². The summed E-state index contributed by atoms with van der Waals surface area (Å²) in [6.07, 6.45) is 6.47. The van der Waals surface area contributed by atoms with Crippen LogP contribution in [0.25, 0.3) is 10.9 Å². The predicted octanol–water partition coefficient (Wildman–Crippen LogP) is 4.06. The van der Waals surface area contributed by atoms with E-state index in [0.717, 1.165) is 44.2 Å². The van der Waals surface area contributed by atoms with Crippen LogP contribution in [0.3, 0.4) is 0 Å². The molecule has 0 saturated carbocycles. The molecule has 1 heterocycles. The third kappa shape index (κ3) is 6.15. The van der Waals surface area contributed by atoms with Crippen LogP contribution in [0, 0.1) is 0 Å². The standard InChI is InChI=1S/C22H26N4O3/c27-20(26-29)11-5-3-1-2-4-8-16-12-14-17(15-13-16)23-22-24-19-10-7-6-9-18(19)21(28)25-22/h6-7,9-10,12-15,29H,1-5,8,11H2,(H,26,27)(H2,23,24,25,28). The van der Waals surface area contributed by atoms with Crippen molar-refractivity contribution in [2.45, 2.75) is 44.9 Å². The molecule has 0 unspecified atom stereocenters. The number of aromatic amines is 1. The largest absolute Gasteiger partial charge is 0.326 e. The van der Waals surface area contributed by atoms with Crippen LogP contribution in [-0.2, 0) is 11.2 Å². The number of benzene rings is 2. The second-order valence-corrected chi connectivity index (χ2v) is 7.06. The molecule has 3 aromatic rings. The number of unbranched alkanes of at least 4 members (excludes halogenated alkanes) is 4. The average Bonchev–Trinajstić information content (AvgIpc) is 2.74. The van der Waals surface area contributed by atoms with Crippen LogP contribution in [0.1, 0.15) is 44.1 Å². The monoisotopic (exact) mass is 394 g/mol. The van der Waals surface area contributed by atoms with Crippen molar-refractivity contribution in [3.8, 4) is 0 Å². The van der Waals surface area contributed by atoms with E-state index in [1.807, 2.05) is 30.3 Å². The minimum absolute atomic E-state index is 0.160. The van der Waals surface area contributed by atoms with Crippen LogP contribution in [0.5, 0.6) is 0 Å². The maximum absolute atomic E-state index is 12.1. The van der Waals surface area contributed by atoms with E-state index in [9.17, 15) is 9.59 Å². The van der Waals surface area contributed by atoms with E-state index in [1.54, 1.807) is 11.5 Å². The van der Waals surface area contributed by atoms with Crippen LogP contribution in [-0.4, -0.2) is 21.1 Å². The van der Waals surface area contributed by atoms with Gasteiger partial charge in [-0.3, -0.25) is 19.8 Å². The zero-order chi connectivity index (χ0) is 20.5. The molecule has 3 rings (SSSR count). The Morgan fingerprint density at radius 1 is 0.966 bits per heavy atom. The molecule has 0 spiro atoms. The summed E-state index contributed by atoms with van der Waals surface area (Å²) in [6.45, 7) is 0. The number of H-pyrrole nitrogens is 1. The first-order valence-corrected chi connectivity index (χ1v) is 9.93. The predicted molar refractivity (Wildman–Crippen MR) is 113 cm³/mol. The number of hydroxylamine groups is 1. The van der Waals surface area contributed by atoms with Gasteiger partial charge in [0.1, 0.15) is 0 Å². The molecule has 0 saturated heterocycles. The molecule has 29 heavy (non-hydrogen) atoms. The Balaban J connectivity index is 1.45. The van der Waals surface area contributed by atoms with Gasteiger partial charge in [-0.25, -0.2) is 10.5 Å². The molecule has 0 aliphatic carbocycles. The van der Waals surface area contributed by atoms with Crippen LogP contribution < -0.4 is 16.4 Å². The van der Waals surface area contributed by atoms with Crippen molar-refractivity contribution in [1.29, 1.82) is 0 Å². The Hall–Kier alpha value is -3.19. The Morgan fingerprint density at radius 2 is 1.69 bits per heavy atom. The summed E-state index contributed by atoms with van der Waals surface area (Å²) >= 11 is 0. The van der Waals surface area contributed by atoms with E-state index in [4.69, 9.17) is 5.21 Å². The average molecular weight is 394 g/mol. The smallest absolute Gasteiger partial charge is 0.260 e. The SMILES string of the molecule is O=C(CCCCCCCc1ccc(Nc2nc3ccccc3c(=O)[nH]2)cc1)NO. The van der Waals surface area contributed by atoms with Gasteiger partial charge in [0.05, 0.1) is 10.9 Å². The van der Waals surface area contributed by atoms with Crippen LogP contribution in [0.2, 0.25) is 0 Å². The lowest BCUT2D eigenvalue weighted by Gasteiger charge is -2.08. The number of carbonyl (C=O) groups is 1. The number of aromatic nitrogens is 2. The van der Waals surface area contributed by atoms with Crippen molar-refractivity contribution in [1.82, 2.24) is 15.4 Å². The summed E-state index contributed by atoms with van der Waals surface area (Å²) in [4.78, 5) is 30.3. The third-order valence-corrected chi connectivity index (χ3v) is 4.82. The molecule has 0 aliphatic rings. The fourth-order valence-electron chi connectivity index (χ4n) is 3.24. The Morgan fingerprint density at radius 3 is 2.48 bits per heavy atom. The van der Waals surface area contributed by atoms with Crippen LogP contribution in [0.4, 0.5) is 11.6 Å². The molecule has 0 aliphatic heterocycles. The molecule has 7 heteroatoms. The summed E-state index contributed by atoms with van der Waals surface area (Å²) in [5.74, 6) is 0.109. The highest BCUT2D eigenvalue weighted by atomic mass is 16.5. The summed E-state index contributed by atoms with van der Waals surface area (Å²) in [5, 5.41) is 12.2. The van der Waals surface area contributed by atoms with Crippen molar-refractivity contribution >= 4 is 28.4 Å². The molecule has 7 nitrogen and oxygen atoms in total. The van der Waals surface area contributed by atoms with Gasteiger partial charge in [-0.1, -0.05) is 43.5 Å². The number of para-hydroxylation sites is 1. The first-order valence-electron chi connectivity index (χ1n) is 9.93. The number of aryl methyl sites for hydroxylation is 1.